The molecule has 0 amide bonds. The first-order chi connectivity index (χ1) is 12.1. The minimum absolute atomic E-state index is 0.0854. The quantitative estimate of drug-likeness (QED) is 0.606. The van der Waals surface area contributed by atoms with E-state index in [4.69, 9.17) is 9.47 Å². The second kappa shape index (κ2) is 7.33. The number of nitrogens with zero attached hydrogens (tertiary/aromatic N) is 4. The molecule has 1 aromatic carbocycles. The first kappa shape index (κ1) is 16.9. The summed E-state index contributed by atoms with van der Waals surface area (Å²) in [5, 5.41) is 11.7. The third-order valence-corrected chi connectivity index (χ3v) is 4.18. The average molecular weight is 344 g/mol. The van der Waals surface area contributed by atoms with Gasteiger partial charge in [0, 0.05) is 13.1 Å². The van der Waals surface area contributed by atoms with Crippen molar-refractivity contribution in [1.82, 2.24) is 9.97 Å². The smallest absolute Gasteiger partial charge is 0.373 e. The highest BCUT2D eigenvalue weighted by molar-refractivity contribution is 5.64. The number of rotatable bonds is 5. The van der Waals surface area contributed by atoms with Crippen LogP contribution in [-0.4, -0.2) is 35.1 Å². The standard InChI is InChI=1S/C17H20N4O4/c1-12-6-5-9-20(10-12)16-15(21(22)23)17(19-11-18-16)25-14-8-4-3-7-13(14)24-2/h3-4,7-8,11-12H,5-6,9-10H2,1-2H3. The molecule has 1 saturated heterocycles. The van der Waals surface area contributed by atoms with Crippen molar-refractivity contribution in [3.8, 4) is 17.4 Å². The number of nitro groups is 1. The number of piperidine rings is 1. The van der Waals surface area contributed by atoms with Crippen LogP contribution in [0.15, 0.2) is 30.6 Å². The Morgan fingerprint density at radius 3 is 2.72 bits per heavy atom. The van der Waals surface area contributed by atoms with Crippen molar-refractivity contribution in [2.45, 2.75) is 19.8 Å². The van der Waals surface area contributed by atoms with Crippen LogP contribution in [0, 0.1) is 16.0 Å². The molecule has 0 N–H and O–H groups in total. The Morgan fingerprint density at radius 1 is 1.28 bits per heavy atom. The van der Waals surface area contributed by atoms with Crippen LogP contribution >= 0.6 is 0 Å². The van der Waals surface area contributed by atoms with Gasteiger partial charge in [-0.05, 0) is 30.9 Å². The fraction of sp³-hybridized carbons (Fsp3) is 0.412. The van der Waals surface area contributed by atoms with E-state index in [2.05, 4.69) is 16.9 Å². The number of aromatic nitrogens is 2. The Hall–Kier alpha value is -2.90. The van der Waals surface area contributed by atoms with Gasteiger partial charge in [0.1, 0.15) is 6.33 Å². The maximum atomic E-state index is 11.7. The second-order valence-corrected chi connectivity index (χ2v) is 6.05. The summed E-state index contributed by atoms with van der Waals surface area (Å²) in [6, 6.07) is 6.95. The monoisotopic (exact) mass is 344 g/mol. The van der Waals surface area contributed by atoms with Gasteiger partial charge in [0.05, 0.1) is 12.0 Å². The second-order valence-electron chi connectivity index (χ2n) is 6.05. The summed E-state index contributed by atoms with van der Waals surface area (Å²) >= 11 is 0. The number of ether oxygens (including phenoxy) is 2. The van der Waals surface area contributed by atoms with Crippen LogP contribution in [0.25, 0.3) is 0 Å². The van der Waals surface area contributed by atoms with Crippen LogP contribution in [-0.2, 0) is 0 Å². The molecule has 1 aromatic heterocycles. The Morgan fingerprint density at radius 2 is 2.04 bits per heavy atom. The number of para-hydroxylation sites is 2. The lowest BCUT2D eigenvalue weighted by atomic mass is 10.0. The molecule has 0 spiro atoms. The first-order valence-electron chi connectivity index (χ1n) is 8.15. The van der Waals surface area contributed by atoms with Gasteiger partial charge in [-0.15, -0.1) is 0 Å². The number of hydrogen-bond donors (Lipinski definition) is 0. The van der Waals surface area contributed by atoms with Gasteiger partial charge < -0.3 is 14.4 Å². The minimum atomic E-state index is -0.487. The van der Waals surface area contributed by atoms with Crippen molar-refractivity contribution in [3.63, 3.8) is 0 Å². The highest BCUT2D eigenvalue weighted by Crippen LogP contribution is 2.39. The molecule has 1 aliphatic heterocycles. The van der Waals surface area contributed by atoms with Gasteiger partial charge in [0.25, 0.3) is 0 Å². The Labute approximate surface area is 145 Å². The van der Waals surface area contributed by atoms with Crippen LogP contribution in [0.1, 0.15) is 19.8 Å². The van der Waals surface area contributed by atoms with E-state index in [-0.39, 0.29) is 11.6 Å². The lowest BCUT2D eigenvalue weighted by molar-refractivity contribution is -0.385. The molecule has 8 heteroatoms. The van der Waals surface area contributed by atoms with Crippen LogP contribution in [0.4, 0.5) is 11.5 Å². The summed E-state index contributed by atoms with van der Waals surface area (Å²) in [5.41, 5.74) is -0.220. The van der Waals surface area contributed by atoms with E-state index >= 15 is 0 Å². The topological polar surface area (TPSA) is 90.6 Å². The molecule has 1 fully saturated rings. The van der Waals surface area contributed by atoms with Crippen molar-refractivity contribution < 1.29 is 14.4 Å². The highest BCUT2D eigenvalue weighted by Gasteiger charge is 2.31. The first-order valence-corrected chi connectivity index (χ1v) is 8.15. The van der Waals surface area contributed by atoms with Gasteiger partial charge in [-0.25, -0.2) is 4.98 Å². The van der Waals surface area contributed by atoms with Gasteiger partial charge in [0.2, 0.25) is 5.82 Å². The zero-order valence-electron chi connectivity index (χ0n) is 14.2. The average Bonchev–Trinajstić information content (AvgIpc) is 2.62. The summed E-state index contributed by atoms with van der Waals surface area (Å²) in [4.78, 5) is 21.3. The lowest BCUT2D eigenvalue weighted by Gasteiger charge is -2.31. The van der Waals surface area contributed by atoms with Crippen molar-refractivity contribution in [2.75, 3.05) is 25.1 Å². The number of methoxy groups -OCH3 is 1. The van der Waals surface area contributed by atoms with Gasteiger partial charge >= 0.3 is 11.6 Å². The van der Waals surface area contributed by atoms with Crippen molar-refractivity contribution in [3.05, 3.63) is 40.7 Å². The minimum Gasteiger partial charge on any atom is -0.493 e. The Balaban J connectivity index is 1.99. The van der Waals surface area contributed by atoms with Crippen molar-refractivity contribution in [2.24, 2.45) is 5.92 Å². The summed E-state index contributed by atoms with van der Waals surface area (Å²) in [5.74, 6) is 1.52. The Kier molecular flexibility index (Phi) is 4.97. The fourth-order valence-corrected chi connectivity index (χ4v) is 3.01. The molecule has 0 radical (unpaired) electrons. The van der Waals surface area contributed by atoms with Crippen molar-refractivity contribution >= 4 is 11.5 Å². The number of benzene rings is 1. The lowest BCUT2D eigenvalue weighted by Crippen LogP contribution is -2.35. The molecule has 1 aliphatic rings. The highest BCUT2D eigenvalue weighted by atomic mass is 16.6. The molecule has 132 valence electrons. The molecule has 2 aromatic rings. The number of hydrogen-bond acceptors (Lipinski definition) is 7. The summed E-state index contributed by atoms with van der Waals surface area (Å²) < 4.78 is 10.9. The summed E-state index contributed by atoms with van der Waals surface area (Å²) in [6.07, 6.45) is 3.39. The molecule has 0 aliphatic carbocycles. The van der Waals surface area contributed by atoms with E-state index in [9.17, 15) is 10.1 Å². The molecule has 0 bridgehead atoms. The van der Waals surface area contributed by atoms with E-state index in [0.29, 0.717) is 23.2 Å². The third-order valence-electron chi connectivity index (χ3n) is 4.18. The maximum absolute atomic E-state index is 11.7. The summed E-state index contributed by atoms with van der Waals surface area (Å²) in [6.45, 7) is 3.59. The van der Waals surface area contributed by atoms with Gasteiger partial charge in [-0.2, -0.15) is 4.98 Å². The largest absolute Gasteiger partial charge is 0.493 e. The molecule has 2 heterocycles. The van der Waals surface area contributed by atoms with E-state index in [1.807, 2.05) is 4.90 Å². The van der Waals surface area contributed by atoms with E-state index in [0.717, 1.165) is 25.9 Å². The summed E-state index contributed by atoms with van der Waals surface area (Å²) in [7, 11) is 1.51. The van der Waals surface area contributed by atoms with E-state index < -0.39 is 4.92 Å². The third kappa shape index (κ3) is 3.62. The number of anilines is 1. The molecular formula is C17H20N4O4. The van der Waals surface area contributed by atoms with Crippen LogP contribution in [0.5, 0.6) is 17.4 Å². The van der Waals surface area contributed by atoms with Crippen LogP contribution < -0.4 is 14.4 Å². The molecule has 1 atom stereocenters. The fourth-order valence-electron chi connectivity index (χ4n) is 3.01. The van der Waals surface area contributed by atoms with Gasteiger partial charge in [0.15, 0.2) is 11.5 Å². The predicted molar refractivity (Wildman–Crippen MR) is 92.4 cm³/mol. The van der Waals surface area contributed by atoms with Gasteiger partial charge in [-0.3, -0.25) is 10.1 Å². The maximum Gasteiger partial charge on any atom is 0.373 e. The van der Waals surface area contributed by atoms with Crippen molar-refractivity contribution in [1.29, 1.82) is 0 Å². The molecule has 8 nitrogen and oxygen atoms in total. The van der Waals surface area contributed by atoms with E-state index in [1.54, 1.807) is 24.3 Å². The zero-order chi connectivity index (χ0) is 17.8. The van der Waals surface area contributed by atoms with Crippen LogP contribution in [0.2, 0.25) is 0 Å². The SMILES string of the molecule is COc1ccccc1Oc1ncnc(N2CCCC(C)C2)c1[N+](=O)[O-]. The van der Waals surface area contributed by atoms with E-state index in [1.165, 1.54) is 13.4 Å². The van der Waals surface area contributed by atoms with Crippen LogP contribution in [0.3, 0.4) is 0 Å². The van der Waals surface area contributed by atoms with Gasteiger partial charge in [-0.1, -0.05) is 19.1 Å². The normalized spacial score (nSPS) is 17.2. The molecule has 1 unspecified atom stereocenters. The molecule has 25 heavy (non-hydrogen) atoms. The molecular weight excluding hydrogens is 324 g/mol. The zero-order valence-corrected chi connectivity index (χ0v) is 14.2. The molecule has 0 saturated carbocycles. The predicted octanol–water partition coefficient (Wildman–Crippen LogP) is 3.42. The molecule has 3 rings (SSSR count). The Bertz CT molecular complexity index is 768.